The first-order chi connectivity index (χ1) is 27.5. The summed E-state index contributed by atoms with van der Waals surface area (Å²) in [5.74, 6) is 0.872. The number of hydrogen-bond acceptors (Lipinski definition) is 3. The quantitative estimate of drug-likeness (QED) is 0.184. The van der Waals surface area contributed by atoms with Gasteiger partial charge in [-0.2, -0.15) is 0 Å². The van der Waals surface area contributed by atoms with Crippen molar-refractivity contribution in [3.8, 4) is 67.5 Å². The Labute approximate surface area is 343 Å². The number of imidazole rings is 1. The van der Waals surface area contributed by atoms with Gasteiger partial charge in [0, 0.05) is 23.0 Å². The average Bonchev–Trinajstić information content (AvgIpc) is 3.60. The summed E-state index contributed by atoms with van der Waals surface area (Å²) in [6.45, 7) is 20.3. The van der Waals surface area contributed by atoms with E-state index >= 15 is 0 Å². The molecule has 0 aliphatic heterocycles. The summed E-state index contributed by atoms with van der Waals surface area (Å²) < 4.78 is 2.22. The minimum Gasteiger partial charge on any atom is -0.507 e. The maximum atomic E-state index is 11.3. The van der Waals surface area contributed by atoms with Gasteiger partial charge in [0.2, 0.25) is 0 Å². The molecular formula is C54H53N3O. The molecule has 4 nitrogen and oxygen atoms in total. The molecule has 0 fully saturated rings. The third-order valence-electron chi connectivity index (χ3n) is 11.2. The number of fused-ring (bicyclic) bond motifs is 1. The van der Waals surface area contributed by atoms with E-state index in [1.807, 2.05) is 24.4 Å². The van der Waals surface area contributed by atoms with Gasteiger partial charge in [-0.25, -0.2) is 4.98 Å². The van der Waals surface area contributed by atoms with Crippen LogP contribution in [-0.2, 0) is 16.2 Å². The fourth-order valence-electron chi connectivity index (χ4n) is 7.70. The first-order valence-corrected chi connectivity index (χ1v) is 20.3. The van der Waals surface area contributed by atoms with Crippen LogP contribution >= 0.6 is 0 Å². The molecule has 2 heterocycles. The SMILES string of the molecule is CC(C)(C)c1ccc(-c2ccnc(-c3cc(-c4cccc5c4nc(-c4ccccc4O)n5-c4cc(-c5ccccc5)cc(C(C)(C)C)c4)cc(C(C)(C)C)c3)c2)cc1. The van der Waals surface area contributed by atoms with Gasteiger partial charge in [-0.1, -0.05) is 153 Å². The Balaban J connectivity index is 1.35. The minimum absolute atomic E-state index is 0.0915. The number of rotatable bonds is 6. The van der Waals surface area contributed by atoms with Crippen molar-refractivity contribution in [2.24, 2.45) is 0 Å². The largest absolute Gasteiger partial charge is 0.507 e. The first kappa shape index (κ1) is 38.6. The molecule has 0 spiro atoms. The van der Waals surface area contributed by atoms with Crippen molar-refractivity contribution in [3.63, 3.8) is 0 Å². The maximum absolute atomic E-state index is 11.3. The Morgan fingerprint density at radius 1 is 0.448 bits per heavy atom. The van der Waals surface area contributed by atoms with Gasteiger partial charge >= 0.3 is 0 Å². The van der Waals surface area contributed by atoms with Crippen LogP contribution in [0, 0.1) is 0 Å². The van der Waals surface area contributed by atoms with Crippen molar-refractivity contribution in [1.82, 2.24) is 14.5 Å². The van der Waals surface area contributed by atoms with Crippen LogP contribution in [0.3, 0.4) is 0 Å². The Morgan fingerprint density at radius 3 is 1.74 bits per heavy atom. The number of para-hydroxylation sites is 2. The highest BCUT2D eigenvalue weighted by Crippen LogP contribution is 2.41. The predicted molar refractivity (Wildman–Crippen MR) is 244 cm³/mol. The molecule has 0 atom stereocenters. The van der Waals surface area contributed by atoms with E-state index in [0.29, 0.717) is 11.4 Å². The van der Waals surface area contributed by atoms with Gasteiger partial charge in [0.05, 0.1) is 22.3 Å². The first-order valence-electron chi connectivity index (χ1n) is 20.3. The van der Waals surface area contributed by atoms with Gasteiger partial charge < -0.3 is 5.11 Å². The van der Waals surface area contributed by atoms with Gasteiger partial charge in [0.15, 0.2) is 0 Å². The molecule has 4 heteroatoms. The fraction of sp³-hybridized carbons (Fsp3) is 0.222. The lowest BCUT2D eigenvalue weighted by atomic mass is 9.83. The second-order valence-electron chi connectivity index (χ2n) is 18.7. The van der Waals surface area contributed by atoms with Crippen LogP contribution < -0.4 is 0 Å². The van der Waals surface area contributed by atoms with Crippen LogP contribution in [-0.4, -0.2) is 19.6 Å². The summed E-state index contributed by atoms with van der Waals surface area (Å²) in [4.78, 5) is 10.4. The topological polar surface area (TPSA) is 50.9 Å². The van der Waals surface area contributed by atoms with Gasteiger partial charge in [-0.05, 0) is 115 Å². The second-order valence-corrected chi connectivity index (χ2v) is 18.7. The Hall–Kier alpha value is -6.26. The van der Waals surface area contributed by atoms with Crippen molar-refractivity contribution in [3.05, 3.63) is 168 Å². The third-order valence-corrected chi connectivity index (χ3v) is 11.2. The summed E-state index contributed by atoms with van der Waals surface area (Å²) in [6.07, 6.45) is 1.92. The normalized spacial score (nSPS) is 12.3. The number of aromatic nitrogens is 3. The highest BCUT2D eigenvalue weighted by molar-refractivity contribution is 5.97. The Kier molecular flexibility index (Phi) is 9.72. The van der Waals surface area contributed by atoms with E-state index in [1.54, 1.807) is 6.07 Å². The number of pyridine rings is 1. The zero-order valence-electron chi connectivity index (χ0n) is 35.2. The summed E-state index contributed by atoms with van der Waals surface area (Å²) in [5.41, 5.74) is 15.7. The molecule has 8 aromatic rings. The number of aromatic hydroxyl groups is 1. The van der Waals surface area contributed by atoms with Crippen LogP contribution in [0.1, 0.15) is 79.0 Å². The summed E-state index contributed by atoms with van der Waals surface area (Å²) >= 11 is 0. The van der Waals surface area contributed by atoms with Crippen molar-refractivity contribution in [1.29, 1.82) is 0 Å². The van der Waals surface area contributed by atoms with Crippen molar-refractivity contribution in [2.75, 3.05) is 0 Å². The standard InChI is InChI=1S/C54H53N3O/c1-52(2,3)41-24-22-36(23-25-41)37-26-27-55-47(33-37)40-28-39(30-42(31-40)53(4,5)6)45-19-15-20-48-50(45)56-51(46-18-13-14-21-49(46)58)57(48)44-32-38(35-16-11-10-12-17-35)29-43(34-44)54(7,8)9/h10-34,58H,1-9H3. The maximum Gasteiger partial charge on any atom is 0.149 e. The molecule has 0 unspecified atom stereocenters. The molecule has 0 amide bonds. The second kappa shape index (κ2) is 14.6. The third kappa shape index (κ3) is 7.59. The molecule has 1 N–H and O–H groups in total. The molecular weight excluding hydrogens is 707 g/mol. The smallest absolute Gasteiger partial charge is 0.149 e. The molecule has 290 valence electrons. The number of nitrogens with zero attached hydrogens (tertiary/aromatic N) is 3. The number of hydrogen-bond donors (Lipinski definition) is 1. The molecule has 58 heavy (non-hydrogen) atoms. The molecule has 2 aromatic heterocycles. The molecule has 0 saturated carbocycles. The molecule has 8 rings (SSSR count). The van der Waals surface area contributed by atoms with Gasteiger partial charge in [0.25, 0.3) is 0 Å². The molecule has 0 bridgehead atoms. The number of phenolic OH excluding ortho intramolecular Hbond substituents is 1. The zero-order chi connectivity index (χ0) is 41.0. The summed E-state index contributed by atoms with van der Waals surface area (Å²) in [5, 5.41) is 11.3. The number of phenols is 1. The minimum atomic E-state index is -0.124. The average molecular weight is 760 g/mol. The zero-order valence-corrected chi connectivity index (χ0v) is 35.2. The van der Waals surface area contributed by atoms with E-state index in [4.69, 9.17) is 9.97 Å². The highest BCUT2D eigenvalue weighted by atomic mass is 16.3. The predicted octanol–water partition coefficient (Wildman–Crippen LogP) is 14.4. The van der Waals surface area contributed by atoms with Crippen LogP contribution in [0.5, 0.6) is 5.75 Å². The lowest BCUT2D eigenvalue weighted by Crippen LogP contribution is -2.12. The molecule has 0 aliphatic carbocycles. The van der Waals surface area contributed by atoms with Gasteiger partial charge in [-0.3, -0.25) is 9.55 Å². The lowest BCUT2D eigenvalue weighted by molar-refractivity contribution is 0.477. The monoisotopic (exact) mass is 759 g/mol. The van der Waals surface area contributed by atoms with Crippen LogP contribution in [0.2, 0.25) is 0 Å². The van der Waals surface area contributed by atoms with E-state index in [2.05, 4.69) is 188 Å². The van der Waals surface area contributed by atoms with Crippen LogP contribution in [0.25, 0.3) is 72.7 Å². The van der Waals surface area contributed by atoms with E-state index in [1.165, 1.54) is 22.3 Å². The van der Waals surface area contributed by atoms with Crippen molar-refractivity contribution < 1.29 is 5.11 Å². The van der Waals surface area contributed by atoms with E-state index in [-0.39, 0.29) is 22.0 Å². The molecule has 0 radical (unpaired) electrons. The van der Waals surface area contributed by atoms with E-state index in [9.17, 15) is 5.11 Å². The van der Waals surface area contributed by atoms with Crippen molar-refractivity contribution in [2.45, 2.75) is 78.6 Å². The summed E-state index contributed by atoms with van der Waals surface area (Å²) in [6, 6.07) is 51.3. The van der Waals surface area contributed by atoms with Crippen molar-refractivity contribution >= 4 is 11.0 Å². The molecule has 0 saturated heterocycles. The Bertz CT molecular complexity index is 2770. The Morgan fingerprint density at radius 2 is 1.05 bits per heavy atom. The lowest BCUT2D eigenvalue weighted by Gasteiger charge is -2.23. The van der Waals surface area contributed by atoms with Crippen LogP contribution in [0.4, 0.5) is 0 Å². The fourth-order valence-corrected chi connectivity index (χ4v) is 7.70. The summed E-state index contributed by atoms with van der Waals surface area (Å²) in [7, 11) is 0. The van der Waals surface area contributed by atoms with Gasteiger partial charge in [-0.15, -0.1) is 0 Å². The van der Waals surface area contributed by atoms with Crippen LogP contribution in [0.15, 0.2) is 152 Å². The molecule has 6 aromatic carbocycles. The van der Waals surface area contributed by atoms with Gasteiger partial charge in [0.1, 0.15) is 11.6 Å². The van der Waals surface area contributed by atoms with E-state index in [0.717, 1.165) is 55.8 Å². The number of benzene rings is 6. The molecule has 0 aliphatic rings. The van der Waals surface area contributed by atoms with E-state index < -0.39 is 0 Å². The highest BCUT2D eigenvalue weighted by Gasteiger charge is 2.24.